The summed E-state index contributed by atoms with van der Waals surface area (Å²) in [6.45, 7) is 0. The summed E-state index contributed by atoms with van der Waals surface area (Å²) in [4.78, 5) is 8.61. The Bertz CT molecular complexity index is 543. The van der Waals surface area contributed by atoms with Crippen LogP contribution in [-0.4, -0.2) is 19.7 Å². The van der Waals surface area contributed by atoms with Crippen LogP contribution in [0.5, 0.6) is 0 Å². The molecule has 0 aromatic carbocycles. The Labute approximate surface area is 104 Å². The first-order valence-electron chi connectivity index (χ1n) is 5.59. The Morgan fingerprint density at radius 3 is 2.82 bits per heavy atom. The van der Waals surface area contributed by atoms with E-state index in [1.807, 2.05) is 0 Å². The Morgan fingerprint density at radius 2 is 2.06 bits per heavy atom. The Kier molecular flexibility index (Phi) is 2.48. The van der Waals surface area contributed by atoms with Gasteiger partial charge in [-0.05, 0) is 25.7 Å². The molecule has 88 valence electrons. The largest absolute Gasteiger partial charge is 0.381 e. The van der Waals surface area contributed by atoms with Crippen LogP contribution in [-0.2, 0) is 12.8 Å². The maximum absolute atomic E-state index is 5.91. The van der Waals surface area contributed by atoms with Gasteiger partial charge in [0.25, 0.3) is 0 Å². The zero-order chi connectivity index (χ0) is 11.8. The van der Waals surface area contributed by atoms with Crippen LogP contribution in [0.4, 0.5) is 5.82 Å². The minimum atomic E-state index is 0.329. The molecular formula is C11H12ClN5. The normalized spacial score (nSPS) is 14.6. The molecule has 17 heavy (non-hydrogen) atoms. The minimum absolute atomic E-state index is 0.329. The fraction of sp³-hybridized carbons (Fsp3) is 0.364. The molecule has 0 radical (unpaired) electrons. The van der Waals surface area contributed by atoms with Gasteiger partial charge >= 0.3 is 0 Å². The highest BCUT2D eigenvalue weighted by Gasteiger charge is 2.17. The summed E-state index contributed by atoms with van der Waals surface area (Å²) in [6, 6.07) is 0. The Balaban J connectivity index is 2.14. The molecule has 2 aromatic heterocycles. The number of halogens is 1. The third kappa shape index (κ3) is 1.76. The number of hydrogen-bond acceptors (Lipinski definition) is 4. The number of nitrogen functional groups attached to an aromatic ring is 1. The maximum Gasteiger partial charge on any atom is 0.164 e. The number of rotatable bonds is 1. The van der Waals surface area contributed by atoms with Gasteiger partial charge in [0.05, 0.1) is 6.20 Å². The van der Waals surface area contributed by atoms with Gasteiger partial charge in [-0.3, -0.25) is 0 Å². The molecule has 1 aliphatic rings. The molecule has 0 spiro atoms. The van der Waals surface area contributed by atoms with Crippen molar-refractivity contribution in [3.63, 3.8) is 0 Å². The van der Waals surface area contributed by atoms with Crippen LogP contribution in [0.3, 0.4) is 0 Å². The van der Waals surface area contributed by atoms with Crippen molar-refractivity contribution >= 4 is 17.4 Å². The molecule has 5 nitrogen and oxygen atoms in total. The molecular weight excluding hydrogens is 238 g/mol. The third-order valence-corrected chi connectivity index (χ3v) is 3.31. The van der Waals surface area contributed by atoms with Crippen LogP contribution in [0.15, 0.2) is 12.5 Å². The van der Waals surface area contributed by atoms with E-state index in [2.05, 4.69) is 15.1 Å². The smallest absolute Gasteiger partial charge is 0.164 e. The van der Waals surface area contributed by atoms with E-state index in [1.54, 1.807) is 17.2 Å². The van der Waals surface area contributed by atoms with Gasteiger partial charge in [0, 0.05) is 11.3 Å². The van der Waals surface area contributed by atoms with Crippen LogP contribution < -0.4 is 5.73 Å². The predicted octanol–water partition coefficient (Wildman–Crippen LogP) is 1.78. The first-order valence-corrected chi connectivity index (χ1v) is 5.97. The molecule has 0 aliphatic heterocycles. The van der Waals surface area contributed by atoms with Gasteiger partial charge in [0.15, 0.2) is 11.6 Å². The average molecular weight is 250 g/mol. The van der Waals surface area contributed by atoms with Gasteiger partial charge < -0.3 is 5.73 Å². The maximum atomic E-state index is 5.91. The fourth-order valence-corrected chi connectivity index (χ4v) is 2.31. The molecule has 0 fully saturated rings. The van der Waals surface area contributed by atoms with E-state index < -0.39 is 0 Å². The van der Waals surface area contributed by atoms with Crippen molar-refractivity contribution in [1.82, 2.24) is 19.7 Å². The van der Waals surface area contributed by atoms with E-state index in [-0.39, 0.29) is 0 Å². The summed E-state index contributed by atoms with van der Waals surface area (Å²) in [5.74, 6) is 1.13. The number of nitrogens with two attached hydrogens (primary N) is 1. The first kappa shape index (κ1) is 10.5. The molecule has 0 unspecified atom stereocenters. The number of anilines is 1. The van der Waals surface area contributed by atoms with Gasteiger partial charge in [-0.2, -0.15) is 0 Å². The molecule has 0 saturated carbocycles. The third-order valence-electron chi connectivity index (χ3n) is 3.02. The Hall–Kier alpha value is -1.62. The van der Waals surface area contributed by atoms with Crippen molar-refractivity contribution < 1.29 is 0 Å². The van der Waals surface area contributed by atoms with Crippen LogP contribution >= 0.6 is 11.6 Å². The number of hydrogen-bond donors (Lipinski definition) is 1. The van der Waals surface area contributed by atoms with E-state index in [9.17, 15) is 0 Å². The molecule has 6 heteroatoms. The molecule has 0 saturated heterocycles. The van der Waals surface area contributed by atoms with Crippen molar-refractivity contribution in [3.8, 4) is 5.82 Å². The molecule has 3 rings (SSSR count). The number of nitrogens with zero attached hydrogens (tertiary/aromatic N) is 4. The second-order valence-corrected chi connectivity index (χ2v) is 4.54. The highest BCUT2D eigenvalue weighted by Crippen LogP contribution is 2.25. The van der Waals surface area contributed by atoms with Crippen LogP contribution in [0.25, 0.3) is 5.82 Å². The van der Waals surface area contributed by atoms with Gasteiger partial charge in [-0.15, -0.1) is 5.10 Å². The minimum Gasteiger partial charge on any atom is -0.381 e. The quantitative estimate of drug-likeness (QED) is 0.836. The molecule has 2 N–H and O–H groups in total. The van der Waals surface area contributed by atoms with Crippen LogP contribution in [0.1, 0.15) is 24.1 Å². The van der Waals surface area contributed by atoms with Gasteiger partial charge in [0.2, 0.25) is 0 Å². The van der Waals surface area contributed by atoms with Crippen LogP contribution in [0.2, 0.25) is 5.02 Å². The molecule has 0 bridgehead atoms. The fourth-order valence-electron chi connectivity index (χ4n) is 2.18. The van der Waals surface area contributed by atoms with Gasteiger partial charge in [-0.1, -0.05) is 11.6 Å². The number of fused-ring (bicyclic) bond motifs is 1. The van der Waals surface area contributed by atoms with E-state index in [0.717, 1.165) is 36.3 Å². The average Bonchev–Trinajstić information content (AvgIpc) is 2.69. The second kappa shape index (κ2) is 4.00. The molecule has 0 amide bonds. The lowest BCUT2D eigenvalue weighted by Crippen LogP contribution is -2.12. The van der Waals surface area contributed by atoms with Crippen molar-refractivity contribution in [1.29, 1.82) is 0 Å². The Morgan fingerprint density at radius 1 is 1.24 bits per heavy atom. The van der Waals surface area contributed by atoms with Gasteiger partial charge in [0.1, 0.15) is 11.3 Å². The highest BCUT2D eigenvalue weighted by atomic mass is 35.5. The monoisotopic (exact) mass is 249 g/mol. The second-order valence-electron chi connectivity index (χ2n) is 4.14. The SMILES string of the molecule is Nc1nn(-c2ncnc3c2CCCC3)cc1Cl. The molecule has 2 aromatic rings. The van der Waals surface area contributed by atoms with Crippen LogP contribution in [0, 0.1) is 0 Å². The number of aromatic nitrogens is 4. The molecule has 2 heterocycles. The van der Waals surface area contributed by atoms with Gasteiger partial charge in [-0.25, -0.2) is 14.6 Å². The zero-order valence-corrected chi connectivity index (χ0v) is 9.98. The summed E-state index contributed by atoms with van der Waals surface area (Å²) in [7, 11) is 0. The molecule has 0 atom stereocenters. The lowest BCUT2D eigenvalue weighted by Gasteiger charge is -2.16. The first-order chi connectivity index (χ1) is 8.25. The highest BCUT2D eigenvalue weighted by molar-refractivity contribution is 6.32. The summed E-state index contributed by atoms with van der Waals surface area (Å²) in [5.41, 5.74) is 7.93. The van der Waals surface area contributed by atoms with E-state index in [0.29, 0.717) is 10.8 Å². The van der Waals surface area contributed by atoms with Crippen molar-refractivity contribution in [3.05, 3.63) is 28.8 Å². The molecule has 1 aliphatic carbocycles. The number of aryl methyl sites for hydroxylation is 1. The predicted molar refractivity (Wildman–Crippen MR) is 65.2 cm³/mol. The van der Waals surface area contributed by atoms with E-state index >= 15 is 0 Å². The summed E-state index contributed by atoms with van der Waals surface area (Å²) in [5, 5.41) is 4.61. The van der Waals surface area contributed by atoms with Crippen molar-refractivity contribution in [2.24, 2.45) is 0 Å². The lowest BCUT2D eigenvalue weighted by molar-refractivity contribution is 0.650. The summed E-state index contributed by atoms with van der Waals surface area (Å²) in [6.07, 6.45) is 7.61. The van der Waals surface area contributed by atoms with Crippen molar-refractivity contribution in [2.75, 3.05) is 5.73 Å². The topological polar surface area (TPSA) is 69.6 Å². The zero-order valence-electron chi connectivity index (χ0n) is 9.23. The van der Waals surface area contributed by atoms with E-state index in [1.165, 1.54) is 6.42 Å². The summed E-state index contributed by atoms with van der Waals surface area (Å²) >= 11 is 5.91. The summed E-state index contributed by atoms with van der Waals surface area (Å²) < 4.78 is 1.64. The van der Waals surface area contributed by atoms with E-state index in [4.69, 9.17) is 17.3 Å². The standard InChI is InChI=1S/C11H12ClN5/c12-8-5-17(16-10(8)13)11-7-3-1-2-4-9(7)14-6-15-11/h5-6H,1-4H2,(H2,13,16). The van der Waals surface area contributed by atoms with Crippen molar-refractivity contribution in [2.45, 2.75) is 25.7 Å². The lowest BCUT2D eigenvalue weighted by atomic mass is 9.96.